The molecule has 1 amide bonds. The number of hydrogen-bond donors (Lipinski definition) is 1. The third-order valence-electron chi connectivity index (χ3n) is 4.09. The summed E-state index contributed by atoms with van der Waals surface area (Å²) >= 11 is 1.50. The molecule has 2 heterocycles. The third kappa shape index (κ3) is 4.23. The van der Waals surface area contributed by atoms with E-state index in [4.69, 9.17) is 14.2 Å². The maximum absolute atomic E-state index is 12.6. The van der Waals surface area contributed by atoms with Crippen molar-refractivity contribution in [2.24, 2.45) is 0 Å². The Bertz CT molecular complexity index is 948. The van der Waals surface area contributed by atoms with Gasteiger partial charge in [-0.3, -0.25) is 9.78 Å². The van der Waals surface area contributed by atoms with Crippen molar-refractivity contribution in [2.75, 3.05) is 26.6 Å². The second-order valence-corrected chi connectivity index (χ2v) is 6.99. The van der Waals surface area contributed by atoms with Gasteiger partial charge in [-0.1, -0.05) is 0 Å². The first-order valence-electron chi connectivity index (χ1n) is 8.52. The lowest BCUT2D eigenvalue weighted by atomic mass is 10.2. The highest BCUT2D eigenvalue weighted by molar-refractivity contribution is 7.15. The quantitative estimate of drug-likeness (QED) is 0.652. The van der Waals surface area contributed by atoms with Crippen LogP contribution in [-0.2, 0) is 11.2 Å². The number of pyridine rings is 1. The molecule has 1 N–H and O–H groups in total. The number of benzene rings is 1. The van der Waals surface area contributed by atoms with Crippen LogP contribution in [0.2, 0.25) is 0 Å². The number of aryl methyl sites for hydroxylation is 1. The molecule has 0 saturated carbocycles. The number of anilines is 1. The van der Waals surface area contributed by atoms with Crippen LogP contribution in [0.3, 0.4) is 0 Å². The van der Waals surface area contributed by atoms with E-state index in [9.17, 15) is 4.79 Å². The smallest absolute Gasteiger partial charge is 0.229 e. The van der Waals surface area contributed by atoms with E-state index < -0.39 is 0 Å². The average molecular weight is 399 g/mol. The highest BCUT2D eigenvalue weighted by Gasteiger charge is 2.16. The van der Waals surface area contributed by atoms with Gasteiger partial charge in [-0.05, 0) is 19.1 Å². The molecule has 28 heavy (non-hydrogen) atoms. The molecule has 2 aromatic heterocycles. The summed E-state index contributed by atoms with van der Waals surface area (Å²) in [4.78, 5) is 22.1. The number of ether oxygens (including phenoxy) is 3. The fourth-order valence-electron chi connectivity index (χ4n) is 2.71. The Kier molecular flexibility index (Phi) is 6.10. The zero-order valence-electron chi connectivity index (χ0n) is 16.1. The predicted octanol–water partition coefficient (Wildman–Crippen LogP) is 3.72. The SMILES string of the molecule is COc1cc(NC(=O)Cc2sc(-c3ccncc3)nc2C)cc(OC)c1OC. The highest BCUT2D eigenvalue weighted by atomic mass is 32.1. The van der Waals surface area contributed by atoms with Crippen molar-refractivity contribution in [3.63, 3.8) is 0 Å². The molecule has 0 aliphatic rings. The average Bonchev–Trinajstić information content (AvgIpc) is 3.08. The van der Waals surface area contributed by atoms with Crippen LogP contribution in [0.4, 0.5) is 5.69 Å². The van der Waals surface area contributed by atoms with Crippen molar-refractivity contribution in [1.29, 1.82) is 0 Å². The van der Waals surface area contributed by atoms with Crippen molar-refractivity contribution in [3.8, 4) is 27.8 Å². The van der Waals surface area contributed by atoms with Crippen LogP contribution in [-0.4, -0.2) is 37.2 Å². The van der Waals surface area contributed by atoms with Gasteiger partial charge in [0.2, 0.25) is 11.7 Å². The van der Waals surface area contributed by atoms with Crippen LogP contribution < -0.4 is 19.5 Å². The lowest BCUT2D eigenvalue weighted by Crippen LogP contribution is -2.14. The molecule has 0 bridgehead atoms. The Morgan fingerprint density at radius 3 is 2.29 bits per heavy atom. The van der Waals surface area contributed by atoms with Crippen molar-refractivity contribution in [3.05, 3.63) is 47.2 Å². The van der Waals surface area contributed by atoms with Crippen molar-refractivity contribution < 1.29 is 19.0 Å². The molecule has 0 radical (unpaired) electrons. The Morgan fingerprint density at radius 1 is 1.07 bits per heavy atom. The van der Waals surface area contributed by atoms with E-state index in [0.29, 0.717) is 22.9 Å². The summed E-state index contributed by atoms with van der Waals surface area (Å²) in [6.07, 6.45) is 3.68. The maximum Gasteiger partial charge on any atom is 0.229 e. The number of thiazole rings is 1. The van der Waals surface area contributed by atoms with Crippen molar-refractivity contribution in [2.45, 2.75) is 13.3 Å². The molecule has 0 unspecified atom stereocenters. The molecule has 7 nitrogen and oxygen atoms in total. The van der Waals surface area contributed by atoms with E-state index in [2.05, 4.69) is 15.3 Å². The van der Waals surface area contributed by atoms with E-state index in [1.54, 1.807) is 24.5 Å². The standard InChI is InChI=1S/C20H21N3O4S/c1-12-17(28-20(22-12)13-5-7-21-8-6-13)11-18(24)23-14-9-15(25-2)19(27-4)16(10-14)26-3/h5-10H,11H2,1-4H3,(H,23,24). The summed E-state index contributed by atoms with van der Waals surface area (Å²) in [5.74, 6) is 1.28. The second kappa shape index (κ2) is 8.71. The molecule has 0 fully saturated rings. The summed E-state index contributed by atoms with van der Waals surface area (Å²) < 4.78 is 15.9. The molecule has 3 rings (SSSR count). The lowest BCUT2D eigenvalue weighted by molar-refractivity contribution is -0.115. The molecular weight excluding hydrogens is 378 g/mol. The first-order valence-corrected chi connectivity index (χ1v) is 9.34. The molecule has 0 atom stereocenters. The van der Waals surface area contributed by atoms with Crippen molar-refractivity contribution >= 4 is 22.9 Å². The molecule has 0 aliphatic carbocycles. The Morgan fingerprint density at radius 2 is 1.71 bits per heavy atom. The molecule has 0 spiro atoms. The highest BCUT2D eigenvalue weighted by Crippen LogP contribution is 2.40. The largest absolute Gasteiger partial charge is 0.493 e. The van der Waals surface area contributed by atoms with E-state index in [1.807, 2.05) is 19.1 Å². The van der Waals surface area contributed by atoms with Gasteiger partial charge in [0.25, 0.3) is 0 Å². The van der Waals surface area contributed by atoms with Gasteiger partial charge in [0, 0.05) is 40.7 Å². The Hall–Kier alpha value is -3.13. The third-order valence-corrected chi connectivity index (χ3v) is 5.30. The summed E-state index contributed by atoms with van der Waals surface area (Å²) in [6, 6.07) is 7.19. The summed E-state index contributed by atoms with van der Waals surface area (Å²) in [6.45, 7) is 1.91. The van der Waals surface area contributed by atoms with E-state index >= 15 is 0 Å². The molecule has 146 valence electrons. The summed E-state index contributed by atoms with van der Waals surface area (Å²) in [5, 5.41) is 3.75. The van der Waals surface area contributed by atoms with Crippen LogP contribution >= 0.6 is 11.3 Å². The zero-order chi connectivity index (χ0) is 20.1. The minimum absolute atomic E-state index is 0.151. The number of carbonyl (C=O) groups is 1. The van der Waals surface area contributed by atoms with E-state index in [-0.39, 0.29) is 12.3 Å². The fraction of sp³-hybridized carbons (Fsp3) is 0.250. The van der Waals surface area contributed by atoms with Crippen LogP contribution in [0.15, 0.2) is 36.7 Å². The lowest BCUT2D eigenvalue weighted by Gasteiger charge is -2.14. The molecule has 0 saturated heterocycles. The number of nitrogens with one attached hydrogen (secondary N) is 1. The molecule has 3 aromatic rings. The van der Waals surface area contributed by atoms with Gasteiger partial charge in [0.1, 0.15) is 5.01 Å². The fourth-order valence-corrected chi connectivity index (χ4v) is 3.78. The van der Waals surface area contributed by atoms with Gasteiger partial charge >= 0.3 is 0 Å². The first kappa shape index (κ1) is 19.6. The maximum atomic E-state index is 12.6. The van der Waals surface area contributed by atoms with Crippen LogP contribution in [0.1, 0.15) is 10.6 Å². The minimum Gasteiger partial charge on any atom is -0.493 e. The van der Waals surface area contributed by atoms with Gasteiger partial charge in [0.05, 0.1) is 33.4 Å². The number of amides is 1. The van der Waals surface area contributed by atoms with Gasteiger partial charge < -0.3 is 19.5 Å². The monoisotopic (exact) mass is 399 g/mol. The van der Waals surface area contributed by atoms with Crippen molar-refractivity contribution in [1.82, 2.24) is 9.97 Å². The zero-order valence-corrected chi connectivity index (χ0v) is 16.9. The van der Waals surface area contributed by atoms with E-state index in [0.717, 1.165) is 21.1 Å². The number of nitrogens with zero attached hydrogens (tertiary/aromatic N) is 2. The van der Waals surface area contributed by atoms with Gasteiger partial charge in [-0.15, -0.1) is 11.3 Å². The molecule has 0 aliphatic heterocycles. The van der Waals surface area contributed by atoms with Crippen LogP contribution in [0.25, 0.3) is 10.6 Å². The molecule has 1 aromatic carbocycles. The predicted molar refractivity (Wildman–Crippen MR) is 109 cm³/mol. The summed E-state index contributed by atoms with van der Waals surface area (Å²) in [7, 11) is 4.60. The Balaban J connectivity index is 1.77. The number of aromatic nitrogens is 2. The number of carbonyl (C=O) groups excluding carboxylic acids is 1. The van der Waals surface area contributed by atoms with Gasteiger partial charge in [0.15, 0.2) is 11.5 Å². The second-order valence-electron chi connectivity index (χ2n) is 5.90. The first-order chi connectivity index (χ1) is 13.5. The van der Waals surface area contributed by atoms with Crippen LogP contribution in [0, 0.1) is 6.92 Å². The molecular formula is C20H21N3O4S. The normalized spacial score (nSPS) is 10.4. The van der Waals surface area contributed by atoms with Gasteiger partial charge in [-0.25, -0.2) is 4.98 Å². The van der Waals surface area contributed by atoms with Gasteiger partial charge in [-0.2, -0.15) is 0 Å². The topological polar surface area (TPSA) is 82.6 Å². The number of rotatable bonds is 7. The van der Waals surface area contributed by atoms with Crippen LogP contribution in [0.5, 0.6) is 17.2 Å². The van der Waals surface area contributed by atoms with E-state index in [1.165, 1.54) is 32.7 Å². The number of hydrogen-bond acceptors (Lipinski definition) is 7. The number of methoxy groups -OCH3 is 3. The Labute approximate surface area is 167 Å². The summed E-state index contributed by atoms with van der Waals surface area (Å²) in [5.41, 5.74) is 2.40. The minimum atomic E-state index is -0.151. The molecule has 8 heteroatoms.